The predicted molar refractivity (Wildman–Crippen MR) is 70.9 cm³/mol. The molecular weight excluding hydrogens is 254 g/mol. The van der Waals surface area contributed by atoms with Crippen LogP contribution in [-0.4, -0.2) is 29.3 Å². The Morgan fingerprint density at radius 1 is 1.44 bits per heavy atom. The summed E-state index contributed by atoms with van der Waals surface area (Å²) in [6.07, 6.45) is 4.27. The van der Waals surface area contributed by atoms with Crippen molar-refractivity contribution in [3.05, 3.63) is 11.7 Å². The van der Waals surface area contributed by atoms with Crippen molar-refractivity contribution in [2.24, 2.45) is 0 Å². The van der Waals surface area contributed by atoms with E-state index in [1.807, 2.05) is 7.05 Å². The van der Waals surface area contributed by atoms with Gasteiger partial charge in [-0.25, -0.2) is 0 Å². The molecule has 3 unspecified atom stereocenters. The van der Waals surface area contributed by atoms with Crippen LogP contribution in [0.15, 0.2) is 4.52 Å². The summed E-state index contributed by atoms with van der Waals surface area (Å²) in [6, 6.07) is 0.355. The Bertz CT molecular complexity index is 359. The lowest BCUT2D eigenvalue weighted by Gasteiger charge is -2.07. The number of hydrogen-bond acceptors (Lipinski definition) is 5. The molecule has 1 aliphatic heterocycles. The van der Waals surface area contributed by atoms with Gasteiger partial charge in [0, 0.05) is 12.5 Å². The molecule has 1 aromatic rings. The summed E-state index contributed by atoms with van der Waals surface area (Å²) in [4.78, 5) is 4.41. The Hall–Kier alpha value is -0.650. The van der Waals surface area contributed by atoms with Crippen LogP contribution in [0.4, 0.5) is 0 Å². The van der Waals surface area contributed by atoms with Crippen LogP contribution in [0, 0.1) is 0 Å². The zero-order valence-corrected chi connectivity index (χ0v) is 12.0. The predicted octanol–water partition coefficient (Wildman–Crippen LogP) is 2.27. The number of nitrogens with zero attached hydrogens (tertiary/aromatic N) is 2. The number of likely N-dealkylation sites (N-methyl/N-ethyl adjacent to an activating group) is 1. The molecule has 0 radical (unpaired) electrons. The summed E-state index contributed by atoms with van der Waals surface area (Å²) < 4.78 is 11.1. The summed E-state index contributed by atoms with van der Waals surface area (Å²) in [5, 5.41) is 7.15. The van der Waals surface area contributed by atoms with Crippen molar-refractivity contribution in [3.63, 3.8) is 0 Å². The molecule has 18 heavy (non-hydrogen) atoms. The number of ether oxygens (including phenoxy) is 1. The van der Waals surface area contributed by atoms with Crippen molar-refractivity contribution < 1.29 is 9.26 Å². The van der Waals surface area contributed by atoms with Gasteiger partial charge in [0.25, 0.3) is 5.89 Å². The van der Waals surface area contributed by atoms with Crippen molar-refractivity contribution in [1.82, 2.24) is 15.5 Å². The normalized spacial score (nSPS) is 24.8. The maximum Gasteiger partial charge on any atom is 0.255 e. The van der Waals surface area contributed by atoms with Gasteiger partial charge in [-0.05, 0) is 33.2 Å². The van der Waals surface area contributed by atoms with Crippen LogP contribution in [0.3, 0.4) is 0 Å². The number of hydrogen-bond donors (Lipinski definition) is 1. The van der Waals surface area contributed by atoms with Crippen molar-refractivity contribution in [2.75, 3.05) is 7.05 Å². The molecule has 1 fully saturated rings. The van der Waals surface area contributed by atoms with E-state index in [0.717, 1.165) is 31.5 Å². The number of aromatic nitrogens is 2. The lowest BCUT2D eigenvalue weighted by molar-refractivity contribution is 0.0245. The SMILES string of the molecule is CCC1CCC(c2nc(CC(C)NC)no2)O1.Cl. The van der Waals surface area contributed by atoms with E-state index in [2.05, 4.69) is 29.3 Å². The molecule has 5 nitrogen and oxygen atoms in total. The summed E-state index contributed by atoms with van der Waals surface area (Å²) in [7, 11) is 1.93. The van der Waals surface area contributed by atoms with Crippen LogP contribution in [0.25, 0.3) is 0 Å². The fourth-order valence-electron chi connectivity index (χ4n) is 2.04. The Morgan fingerprint density at radius 3 is 2.83 bits per heavy atom. The van der Waals surface area contributed by atoms with Crippen molar-refractivity contribution in [2.45, 2.75) is 57.8 Å². The molecule has 6 heteroatoms. The molecule has 1 aromatic heterocycles. The van der Waals surface area contributed by atoms with Crippen molar-refractivity contribution >= 4 is 12.4 Å². The number of halogens is 1. The molecule has 1 saturated heterocycles. The summed E-state index contributed by atoms with van der Waals surface area (Å²) in [5.41, 5.74) is 0. The Balaban J connectivity index is 0.00000162. The standard InChI is InChI=1S/C12H21N3O2.ClH/c1-4-9-5-6-10(16-9)12-14-11(15-17-12)7-8(2)13-3;/h8-10,13H,4-7H2,1-3H3;1H. The zero-order chi connectivity index (χ0) is 12.3. The van der Waals surface area contributed by atoms with Gasteiger partial charge in [-0.15, -0.1) is 12.4 Å². The van der Waals surface area contributed by atoms with Gasteiger partial charge in [-0.1, -0.05) is 12.1 Å². The first-order valence-corrected chi connectivity index (χ1v) is 6.38. The van der Waals surface area contributed by atoms with E-state index >= 15 is 0 Å². The molecule has 2 rings (SSSR count). The highest BCUT2D eigenvalue weighted by Gasteiger charge is 2.29. The van der Waals surface area contributed by atoms with Crippen LogP contribution in [0.5, 0.6) is 0 Å². The maximum atomic E-state index is 5.83. The average molecular weight is 276 g/mol. The average Bonchev–Trinajstić information content (AvgIpc) is 2.96. The minimum absolute atomic E-state index is 0. The maximum absolute atomic E-state index is 5.83. The van der Waals surface area contributed by atoms with Crippen LogP contribution < -0.4 is 5.32 Å². The second-order valence-corrected chi connectivity index (χ2v) is 4.68. The van der Waals surface area contributed by atoms with Crippen LogP contribution in [0.1, 0.15) is 50.9 Å². The molecule has 0 aromatic carbocycles. The van der Waals surface area contributed by atoms with Gasteiger partial charge >= 0.3 is 0 Å². The largest absolute Gasteiger partial charge is 0.365 e. The van der Waals surface area contributed by atoms with Crippen LogP contribution in [-0.2, 0) is 11.2 Å². The Morgan fingerprint density at radius 2 is 2.22 bits per heavy atom. The fourth-order valence-corrected chi connectivity index (χ4v) is 2.04. The first-order valence-electron chi connectivity index (χ1n) is 6.38. The highest BCUT2D eigenvalue weighted by atomic mass is 35.5. The van der Waals surface area contributed by atoms with Crippen molar-refractivity contribution in [1.29, 1.82) is 0 Å². The first kappa shape index (κ1) is 15.4. The molecule has 0 bridgehead atoms. The van der Waals surface area contributed by atoms with Gasteiger partial charge < -0.3 is 14.6 Å². The van der Waals surface area contributed by atoms with E-state index in [1.165, 1.54) is 0 Å². The smallest absolute Gasteiger partial charge is 0.255 e. The third-order valence-electron chi connectivity index (χ3n) is 3.30. The van der Waals surface area contributed by atoms with Crippen LogP contribution >= 0.6 is 12.4 Å². The van der Waals surface area contributed by atoms with E-state index in [4.69, 9.17) is 9.26 Å². The third kappa shape index (κ3) is 3.67. The molecule has 104 valence electrons. The fraction of sp³-hybridized carbons (Fsp3) is 0.833. The van der Waals surface area contributed by atoms with E-state index in [9.17, 15) is 0 Å². The van der Waals surface area contributed by atoms with E-state index in [0.29, 0.717) is 18.0 Å². The third-order valence-corrected chi connectivity index (χ3v) is 3.30. The van der Waals surface area contributed by atoms with Crippen molar-refractivity contribution in [3.8, 4) is 0 Å². The van der Waals surface area contributed by atoms with E-state index < -0.39 is 0 Å². The Labute approximate surface area is 114 Å². The molecule has 2 heterocycles. The van der Waals surface area contributed by atoms with Gasteiger partial charge in [0.05, 0.1) is 6.10 Å². The molecule has 3 atom stereocenters. The first-order chi connectivity index (χ1) is 8.22. The second-order valence-electron chi connectivity index (χ2n) is 4.68. The van der Waals surface area contributed by atoms with Gasteiger partial charge in [-0.3, -0.25) is 0 Å². The number of nitrogens with one attached hydrogen (secondary N) is 1. The van der Waals surface area contributed by atoms with Gasteiger partial charge in [0.15, 0.2) is 5.82 Å². The van der Waals surface area contributed by atoms with E-state index in [-0.39, 0.29) is 18.5 Å². The van der Waals surface area contributed by atoms with Gasteiger partial charge in [0.1, 0.15) is 6.10 Å². The number of rotatable bonds is 5. The van der Waals surface area contributed by atoms with Gasteiger partial charge in [-0.2, -0.15) is 4.98 Å². The molecular formula is C12H22ClN3O2. The topological polar surface area (TPSA) is 60.2 Å². The summed E-state index contributed by atoms with van der Waals surface area (Å²) in [6.45, 7) is 4.23. The zero-order valence-electron chi connectivity index (χ0n) is 11.2. The van der Waals surface area contributed by atoms with E-state index in [1.54, 1.807) is 0 Å². The minimum atomic E-state index is 0. The molecule has 0 aliphatic carbocycles. The monoisotopic (exact) mass is 275 g/mol. The molecule has 0 amide bonds. The molecule has 1 N–H and O–H groups in total. The molecule has 1 aliphatic rings. The summed E-state index contributed by atoms with van der Waals surface area (Å²) >= 11 is 0. The summed E-state index contributed by atoms with van der Waals surface area (Å²) in [5.74, 6) is 1.39. The van der Waals surface area contributed by atoms with Crippen LogP contribution in [0.2, 0.25) is 0 Å². The second kappa shape index (κ2) is 7.07. The quantitative estimate of drug-likeness (QED) is 0.893. The Kier molecular flexibility index (Phi) is 6.05. The minimum Gasteiger partial charge on any atom is -0.365 e. The van der Waals surface area contributed by atoms with Gasteiger partial charge in [0.2, 0.25) is 0 Å². The highest BCUT2D eigenvalue weighted by molar-refractivity contribution is 5.85. The lowest BCUT2D eigenvalue weighted by Crippen LogP contribution is -2.24. The highest BCUT2D eigenvalue weighted by Crippen LogP contribution is 2.32. The molecule has 0 saturated carbocycles. The molecule has 0 spiro atoms. The lowest BCUT2D eigenvalue weighted by atomic mass is 10.1.